The first kappa shape index (κ1) is 20.1. The van der Waals surface area contributed by atoms with Crippen molar-refractivity contribution < 1.29 is 14.3 Å². The van der Waals surface area contributed by atoms with Crippen molar-refractivity contribution in [1.82, 2.24) is 14.7 Å². The fraction of sp³-hybridized carbons (Fsp3) is 0.227. The predicted molar refractivity (Wildman–Crippen MR) is 111 cm³/mol. The molecule has 2 amide bonds. The average Bonchev–Trinajstić information content (AvgIpc) is 3.01. The second-order valence-corrected chi connectivity index (χ2v) is 6.88. The van der Waals surface area contributed by atoms with E-state index in [1.165, 1.54) is 4.90 Å². The lowest BCUT2D eigenvalue weighted by molar-refractivity contribution is 0.0822. The van der Waals surface area contributed by atoms with Crippen molar-refractivity contribution in [2.45, 2.75) is 13.5 Å². The number of carbonyl (C=O) groups excluding carboxylic acids is 2. The van der Waals surface area contributed by atoms with Crippen LogP contribution in [-0.2, 0) is 13.7 Å². The molecule has 0 saturated carbocycles. The van der Waals surface area contributed by atoms with Gasteiger partial charge in [-0.05, 0) is 36.8 Å². The number of hydrogen-bond acceptors (Lipinski definition) is 4. The molecule has 1 heterocycles. The summed E-state index contributed by atoms with van der Waals surface area (Å²) >= 11 is 0. The van der Waals surface area contributed by atoms with Gasteiger partial charge < -0.3 is 15.0 Å². The van der Waals surface area contributed by atoms with Crippen molar-refractivity contribution in [3.05, 3.63) is 77.1 Å². The third-order valence-electron chi connectivity index (χ3n) is 4.55. The van der Waals surface area contributed by atoms with Gasteiger partial charge in [-0.3, -0.25) is 14.3 Å². The van der Waals surface area contributed by atoms with E-state index in [-0.39, 0.29) is 17.5 Å². The molecule has 0 unspecified atom stereocenters. The topological polar surface area (TPSA) is 76.5 Å². The summed E-state index contributed by atoms with van der Waals surface area (Å²) in [6.07, 6.45) is 0. The molecule has 29 heavy (non-hydrogen) atoms. The monoisotopic (exact) mass is 392 g/mol. The van der Waals surface area contributed by atoms with Crippen LogP contribution in [-0.4, -0.2) is 40.6 Å². The van der Waals surface area contributed by atoms with Gasteiger partial charge in [0.25, 0.3) is 11.8 Å². The van der Waals surface area contributed by atoms with Gasteiger partial charge in [0.05, 0.1) is 11.4 Å². The minimum atomic E-state index is -0.316. The molecule has 0 radical (unpaired) electrons. The number of aromatic nitrogens is 2. The van der Waals surface area contributed by atoms with Gasteiger partial charge in [0.15, 0.2) is 5.69 Å². The number of anilines is 1. The van der Waals surface area contributed by atoms with Crippen LogP contribution < -0.4 is 10.1 Å². The van der Waals surface area contributed by atoms with Crippen molar-refractivity contribution in [2.24, 2.45) is 7.05 Å². The molecule has 1 aromatic heterocycles. The molecule has 0 aliphatic heterocycles. The summed E-state index contributed by atoms with van der Waals surface area (Å²) in [6.45, 7) is 2.26. The third kappa shape index (κ3) is 4.63. The number of amides is 2. The maximum atomic E-state index is 12.7. The second-order valence-electron chi connectivity index (χ2n) is 6.88. The highest BCUT2D eigenvalue weighted by molar-refractivity contribution is 6.08. The van der Waals surface area contributed by atoms with E-state index in [1.807, 2.05) is 30.3 Å². The molecule has 2 aromatic carbocycles. The molecule has 150 valence electrons. The molecule has 0 saturated heterocycles. The van der Waals surface area contributed by atoms with Gasteiger partial charge in [0.1, 0.15) is 12.4 Å². The first-order valence-electron chi connectivity index (χ1n) is 9.20. The highest BCUT2D eigenvalue weighted by Crippen LogP contribution is 2.22. The van der Waals surface area contributed by atoms with Crippen molar-refractivity contribution in [2.75, 3.05) is 19.4 Å². The molecule has 3 rings (SSSR count). The van der Waals surface area contributed by atoms with Crippen LogP contribution in [0.2, 0.25) is 0 Å². The van der Waals surface area contributed by atoms with E-state index < -0.39 is 0 Å². The first-order chi connectivity index (χ1) is 13.9. The SMILES string of the molecule is Cc1c(NC(=O)c2ccc(OCc3ccccc3)cc2)c(C(=O)N(C)C)nn1C. The van der Waals surface area contributed by atoms with Crippen LogP contribution in [0.4, 0.5) is 5.69 Å². The molecule has 0 aliphatic rings. The van der Waals surface area contributed by atoms with Gasteiger partial charge in [0, 0.05) is 26.7 Å². The molecule has 0 fully saturated rings. The van der Waals surface area contributed by atoms with E-state index in [0.717, 1.165) is 5.56 Å². The fourth-order valence-electron chi connectivity index (χ4n) is 2.75. The molecule has 0 atom stereocenters. The third-order valence-corrected chi connectivity index (χ3v) is 4.55. The fourth-order valence-corrected chi connectivity index (χ4v) is 2.75. The second kappa shape index (κ2) is 8.60. The normalized spacial score (nSPS) is 10.5. The number of nitrogens with one attached hydrogen (secondary N) is 1. The molecule has 0 bridgehead atoms. The minimum Gasteiger partial charge on any atom is -0.489 e. The largest absolute Gasteiger partial charge is 0.489 e. The predicted octanol–water partition coefficient (Wildman–Crippen LogP) is 3.26. The lowest BCUT2D eigenvalue weighted by Crippen LogP contribution is -2.24. The highest BCUT2D eigenvalue weighted by Gasteiger charge is 2.23. The standard InChI is InChI=1S/C22H24N4O3/c1-15-19(20(24-26(15)4)22(28)25(2)3)23-21(27)17-10-12-18(13-11-17)29-14-16-8-6-5-7-9-16/h5-13H,14H2,1-4H3,(H,23,27). The van der Waals surface area contributed by atoms with Crippen LogP contribution in [0.5, 0.6) is 5.75 Å². The van der Waals surface area contributed by atoms with E-state index in [2.05, 4.69) is 10.4 Å². The number of benzene rings is 2. The van der Waals surface area contributed by atoms with Crippen molar-refractivity contribution in [3.63, 3.8) is 0 Å². The zero-order chi connectivity index (χ0) is 21.0. The van der Waals surface area contributed by atoms with Gasteiger partial charge in [0.2, 0.25) is 0 Å². The molecular formula is C22H24N4O3. The van der Waals surface area contributed by atoms with E-state index in [1.54, 1.807) is 57.0 Å². The number of carbonyl (C=O) groups is 2. The van der Waals surface area contributed by atoms with Crippen molar-refractivity contribution in [3.8, 4) is 5.75 Å². The van der Waals surface area contributed by atoms with Crippen LogP contribution in [0.25, 0.3) is 0 Å². The summed E-state index contributed by atoms with van der Waals surface area (Å²) in [5.41, 5.74) is 2.86. The Morgan fingerprint density at radius 2 is 1.72 bits per heavy atom. The minimum absolute atomic E-state index is 0.214. The van der Waals surface area contributed by atoms with Gasteiger partial charge in [-0.15, -0.1) is 0 Å². The summed E-state index contributed by atoms with van der Waals surface area (Å²) in [7, 11) is 5.02. The zero-order valence-corrected chi connectivity index (χ0v) is 17.0. The molecule has 7 nitrogen and oxygen atoms in total. The molecule has 0 spiro atoms. The Morgan fingerprint density at radius 1 is 1.07 bits per heavy atom. The van der Waals surface area contributed by atoms with Crippen LogP contribution in [0, 0.1) is 6.92 Å². The Morgan fingerprint density at radius 3 is 2.34 bits per heavy atom. The Bertz CT molecular complexity index is 1010. The van der Waals surface area contributed by atoms with Gasteiger partial charge in [-0.2, -0.15) is 5.10 Å². The number of hydrogen-bond donors (Lipinski definition) is 1. The van der Waals surface area contributed by atoms with E-state index in [4.69, 9.17) is 4.74 Å². The van der Waals surface area contributed by atoms with E-state index in [9.17, 15) is 9.59 Å². The Labute approximate surface area is 169 Å². The zero-order valence-electron chi connectivity index (χ0n) is 17.0. The van der Waals surface area contributed by atoms with Gasteiger partial charge in [-0.1, -0.05) is 30.3 Å². The first-order valence-corrected chi connectivity index (χ1v) is 9.20. The number of aryl methyl sites for hydroxylation is 1. The number of ether oxygens (including phenoxy) is 1. The van der Waals surface area contributed by atoms with Gasteiger partial charge >= 0.3 is 0 Å². The average molecular weight is 392 g/mol. The van der Waals surface area contributed by atoms with Crippen molar-refractivity contribution in [1.29, 1.82) is 0 Å². The molecule has 7 heteroatoms. The smallest absolute Gasteiger partial charge is 0.276 e. The Balaban J connectivity index is 1.71. The molecule has 3 aromatic rings. The lowest BCUT2D eigenvalue weighted by Gasteiger charge is -2.11. The molecule has 1 N–H and O–H groups in total. The summed E-state index contributed by atoms with van der Waals surface area (Å²) < 4.78 is 7.33. The van der Waals surface area contributed by atoms with Crippen LogP contribution >= 0.6 is 0 Å². The van der Waals surface area contributed by atoms with Crippen molar-refractivity contribution >= 4 is 17.5 Å². The van der Waals surface area contributed by atoms with E-state index >= 15 is 0 Å². The van der Waals surface area contributed by atoms with Crippen LogP contribution in [0.3, 0.4) is 0 Å². The summed E-state index contributed by atoms with van der Waals surface area (Å²) in [5.74, 6) is 0.0867. The molecular weight excluding hydrogens is 368 g/mol. The molecule has 0 aliphatic carbocycles. The van der Waals surface area contributed by atoms with Crippen LogP contribution in [0.15, 0.2) is 54.6 Å². The van der Waals surface area contributed by atoms with Crippen LogP contribution in [0.1, 0.15) is 32.1 Å². The maximum absolute atomic E-state index is 12.7. The lowest BCUT2D eigenvalue weighted by atomic mass is 10.2. The quantitative estimate of drug-likeness (QED) is 0.699. The summed E-state index contributed by atoms with van der Waals surface area (Å²) in [4.78, 5) is 26.5. The maximum Gasteiger partial charge on any atom is 0.276 e. The van der Waals surface area contributed by atoms with E-state index in [0.29, 0.717) is 29.3 Å². The number of nitrogens with zero attached hydrogens (tertiary/aromatic N) is 3. The Hall–Kier alpha value is -3.61. The number of rotatable bonds is 6. The highest BCUT2D eigenvalue weighted by atomic mass is 16.5. The summed E-state index contributed by atoms with van der Waals surface area (Å²) in [6, 6.07) is 16.7. The summed E-state index contributed by atoms with van der Waals surface area (Å²) in [5, 5.41) is 7.05. The Kier molecular flexibility index (Phi) is 5.97. The van der Waals surface area contributed by atoms with Gasteiger partial charge in [-0.25, -0.2) is 0 Å².